The highest BCUT2D eigenvalue weighted by Crippen LogP contribution is 2.33. The minimum absolute atomic E-state index is 0.00571. The van der Waals surface area contributed by atoms with Gasteiger partial charge < -0.3 is 26.8 Å². The quantitative estimate of drug-likeness (QED) is 0.107. The molecule has 0 fully saturated rings. The van der Waals surface area contributed by atoms with Crippen LogP contribution in [0.25, 0.3) is 11.1 Å². The zero-order chi connectivity index (χ0) is 33.5. The first-order valence-corrected chi connectivity index (χ1v) is 15.8. The van der Waals surface area contributed by atoms with Gasteiger partial charge in [-0.1, -0.05) is 41.4 Å². The maximum Gasteiger partial charge on any atom is 0.394 e. The van der Waals surface area contributed by atoms with Crippen molar-refractivity contribution in [3.63, 3.8) is 0 Å². The van der Waals surface area contributed by atoms with Gasteiger partial charge in [-0.25, -0.2) is 9.78 Å². The van der Waals surface area contributed by atoms with E-state index in [1.54, 1.807) is 36.4 Å². The van der Waals surface area contributed by atoms with E-state index in [-0.39, 0.29) is 30.6 Å². The predicted molar refractivity (Wildman–Crippen MR) is 167 cm³/mol. The smallest absolute Gasteiger partial charge is 0.394 e. The summed E-state index contributed by atoms with van der Waals surface area (Å²) >= 11 is 12.2. The summed E-state index contributed by atoms with van der Waals surface area (Å²) in [7, 11) is -9.55. The molecular weight excluding hydrogens is 678 g/mol. The van der Waals surface area contributed by atoms with Crippen LogP contribution in [0.1, 0.15) is 16.8 Å². The van der Waals surface area contributed by atoms with E-state index in [0.29, 0.717) is 32.6 Å². The molecule has 0 radical (unpaired) electrons. The summed E-state index contributed by atoms with van der Waals surface area (Å²) in [6.45, 7) is 2.04. The Morgan fingerprint density at radius 3 is 2.29 bits per heavy atom. The summed E-state index contributed by atoms with van der Waals surface area (Å²) in [5.74, 6) is 0.693. The van der Waals surface area contributed by atoms with Crippen molar-refractivity contribution < 1.29 is 39.4 Å². The standard InChI is InChI=1S/C26H23Cl2FN6O4S.H2O4S/c1-14-9-18(7-5-16(14)12-32-26(36)33-17-3-2-4-19(11-17)40(29,37)38)39-13-22-23(24(30)35-25(31)34-22)15-6-8-20(27)21(28)10-15;1-5(2,3)4/h2-11H,12-13H2,1H3,(H2,32,33,36)(H4,30,31,34,35);(H2,1,2,3,4). The second kappa shape index (κ2) is 14.7. The van der Waals surface area contributed by atoms with E-state index in [2.05, 4.69) is 20.6 Å². The van der Waals surface area contributed by atoms with Gasteiger partial charge in [0.1, 0.15) is 23.1 Å². The summed E-state index contributed by atoms with van der Waals surface area (Å²) in [5, 5.41) is 5.88. The Bertz CT molecular complexity index is 1940. The molecule has 1 heterocycles. The number of anilines is 3. The molecule has 0 saturated carbocycles. The molecule has 0 aliphatic rings. The van der Waals surface area contributed by atoms with Crippen LogP contribution in [-0.4, -0.2) is 41.9 Å². The molecule has 0 spiro atoms. The van der Waals surface area contributed by atoms with Gasteiger partial charge in [0, 0.05) is 17.8 Å². The highest BCUT2D eigenvalue weighted by atomic mass is 35.5. The summed E-state index contributed by atoms with van der Waals surface area (Å²) in [5.41, 5.74) is 15.3. The lowest BCUT2D eigenvalue weighted by molar-refractivity contribution is 0.251. The number of hydrogen-bond donors (Lipinski definition) is 6. The highest BCUT2D eigenvalue weighted by molar-refractivity contribution is 7.86. The number of hydrogen-bond acceptors (Lipinski definition) is 10. The average molecular weight is 704 g/mol. The summed E-state index contributed by atoms with van der Waals surface area (Å²) in [6, 6.07) is 14.6. The molecule has 4 aromatic rings. The van der Waals surface area contributed by atoms with Crippen molar-refractivity contribution in [3.05, 3.63) is 87.5 Å². The third-order valence-corrected chi connectivity index (χ3v) is 7.30. The number of ether oxygens (including phenoxy) is 1. The fourth-order valence-electron chi connectivity index (χ4n) is 3.80. The van der Waals surface area contributed by atoms with E-state index in [1.165, 1.54) is 12.1 Å². The first-order valence-electron chi connectivity index (χ1n) is 12.3. The van der Waals surface area contributed by atoms with Crippen LogP contribution in [0, 0.1) is 6.92 Å². The number of urea groups is 1. The fourth-order valence-corrected chi connectivity index (χ4v) is 4.61. The van der Waals surface area contributed by atoms with Gasteiger partial charge in [-0.2, -0.15) is 21.8 Å². The van der Waals surface area contributed by atoms with Gasteiger partial charge in [0.15, 0.2) is 0 Å². The Morgan fingerprint density at radius 2 is 1.67 bits per heavy atom. The molecule has 240 valence electrons. The van der Waals surface area contributed by atoms with E-state index in [4.69, 9.17) is 56.9 Å². The molecule has 14 nitrogen and oxygen atoms in total. The zero-order valence-corrected chi connectivity index (χ0v) is 26.2. The largest absolute Gasteiger partial charge is 0.487 e. The first-order chi connectivity index (χ1) is 20.9. The minimum atomic E-state index is -4.89. The van der Waals surface area contributed by atoms with Crippen molar-refractivity contribution in [1.82, 2.24) is 15.3 Å². The number of aryl methyl sites for hydroxylation is 1. The lowest BCUT2D eigenvalue weighted by Crippen LogP contribution is -2.28. The summed E-state index contributed by atoms with van der Waals surface area (Å²) in [4.78, 5) is 20.1. The van der Waals surface area contributed by atoms with E-state index in [9.17, 15) is 17.1 Å². The number of nitrogens with two attached hydrogens (primary N) is 2. The van der Waals surface area contributed by atoms with Gasteiger partial charge in [0.25, 0.3) is 0 Å². The molecule has 0 bridgehead atoms. The first kappa shape index (κ1) is 35.2. The Balaban J connectivity index is 0.00000102. The van der Waals surface area contributed by atoms with E-state index in [0.717, 1.165) is 23.3 Å². The highest BCUT2D eigenvalue weighted by Gasteiger charge is 2.16. The van der Waals surface area contributed by atoms with E-state index >= 15 is 0 Å². The van der Waals surface area contributed by atoms with Crippen molar-refractivity contribution in [2.24, 2.45) is 0 Å². The third kappa shape index (κ3) is 11.0. The van der Waals surface area contributed by atoms with Crippen LogP contribution in [0.5, 0.6) is 5.75 Å². The number of carbonyl (C=O) groups is 1. The van der Waals surface area contributed by atoms with Crippen LogP contribution < -0.4 is 26.8 Å². The molecule has 19 heteroatoms. The van der Waals surface area contributed by atoms with Crippen molar-refractivity contribution >= 4 is 67.3 Å². The number of nitrogen functional groups attached to an aromatic ring is 2. The number of amides is 2. The normalized spacial score (nSPS) is 11.2. The Labute approximate surface area is 267 Å². The second-order valence-corrected chi connectivity index (χ2v) is 12.1. The van der Waals surface area contributed by atoms with Gasteiger partial charge in [-0.15, -0.1) is 3.89 Å². The van der Waals surface area contributed by atoms with Gasteiger partial charge in [0.05, 0.1) is 15.7 Å². The third-order valence-electron chi connectivity index (χ3n) is 5.74. The van der Waals surface area contributed by atoms with Crippen LogP contribution in [0.15, 0.2) is 65.6 Å². The van der Waals surface area contributed by atoms with Crippen LogP contribution in [0.4, 0.5) is 26.1 Å². The van der Waals surface area contributed by atoms with Gasteiger partial charge in [-0.3, -0.25) is 9.11 Å². The lowest BCUT2D eigenvalue weighted by atomic mass is 10.0. The number of nitrogens with zero attached hydrogens (tertiary/aromatic N) is 2. The zero-order valence-electron chi connectivity index (χ0n) is 23.0. The van der Waals surface area contributed by atoms with Crippen molar-refractivity contribution in [2.75, 3.05) is 16.8 Å². The van der Waals surface area contributed by atoms with Crippen LogP contribution in [0.2, 0.25) is 10.0 Å². The summed E-state index contributed by atoms with van der Waals surface area (Å²) < 4.78 is 72.9. The molecule has 2 amide bonds. The molecule has 45 heavy (non-hydrogen) atoms. The number of nitrogens with one attached hydrogen (secondary N) is 2. The molecule has 0 saturated heterocycles. The van der Waals surface area contributed by atoms with Gasteiger partial charge in [-0.05, 0) is 66.1 Å². The monoisotopic (exact) mass is 702 g/mol. The molecule has 0 aliphatic carbocycles. The molecule has 3 aromatic carbocycles. The SMILES string of the molecule is Cc1cc(OCc2nc(N)nc(N)c2-c2ccc(Cl)c(Cl)c2)ccc1CNC(=O)Nc1cccc(S(=O)(=O)F)c1.O=S(=O)(O)O. The van der Waals surface area contributed by atoms with Crippen LogP contribution in [-0.2, 0) is 33.8 Å². The molecule has 4 rings (SSSR count). The molecule has 0 aliphatic heterocycles. The van der Waals surface area contributed by atoms with Crippen LogP contribution in [0.3, 0.4) is 0 Å². The molecular formula is C26H25Cl2FN6O8S2. The minimum Gasteiger partial charge on any atom is -0.487 e. The second-order valence-electron chi connectivity index (χ2n) is 9.02. The Hall–Kier alpha value is -4.26. The van der Waals surface area contributed by atoms with Gasteiger partial charge >= 0.3 is 26.7 Å². The van der Waals surface area contributed by atoms with Crippen molar-refractivity contribution in [2.45, 2.75) is 25.0 Å². The number of halogens is 3. The summed E-state index contributed by atoms with van der Waals surface area (Å²) in [6.07, 6.45) is 0. The molecule has 0 atom stereocenters. The Morgan fingerprint density at radius 1 is 0.978 bits per heavy atom. The number of benzene rings is 3. The maximum atomic E-state index is 13.2. The van der Waals surface area contributed by atoms with E-state index < -0.39 is 31.5 Å². The number of carbonyl (C=O) groups excluding carboxylic acids is 1. The molecule has 0 unspecified atom stereocenters. The fraction of sp³-hybridized carbons (Fsp3) is 0.115. The number of rotatable bonds is 8. The average Bonchev–Trinajstić information content (AvgIpc) is 2.91. The van der Waals surface area contributed by atoms with Gasteiger partial charge in [0.2, 0.25) is 5.95 Å². The topological polar surface area (TPSA) is 237 Å². The maximum absolute atomic E-state index is 13.2. The lowest BCUT2D eigenvalue weighted by Gasteiger charge is -2.15. The molecule has 8 N–H and O–H groups in total. The van der Waals surface area contributed by atoms with Crippen LogP contribution >= 0.6 is 23.2 Å². The van der Waals surface area contributed by atoms with Crippen molar-refractivity contribution in [3.8, 4) is 16.9 Å². The van der Waals surface area contributed by atoms with E-state index in [1.807, 2.05) is 6.92 Å². The molecule has 1 aromatic heterocycles. The Kier molecular flexibility index (Phi) is 11.5. The number of aromatic nitrogens is 2. The van der Waals surface area contributed by atoms with Crippen molar-refractivity contribution in [1.29, 1.82) is 0 Å². The predicted octanol–water partition coefficient (Wildman–Crippen LogP) is 4.83.